The van der Waals surface area contributed by atoms with E-state index in [1.54, 1.807) is 0 Å². The van der Waals surface area contributed by atoms with E-state index in [1.165, 1.54) is 25.8 Å². The first-order chi connectivity index (χ1) is 7.24. The minimum absolute atomic E-state index is 0.476. The molecule has 4 nitrogen and oxygen atoms in total. The van der Waals surface area contributed by atoms with E-state index >= 15 is 0 Å². The number of aryl methyl sites for hydroxylation is 1. The molecule has 2 saturated heterocycles. The standard InChI is InChI=1S/C11H17N3O/c1-7-12-11(15-13-7)9-5-8-3-4-10(9)14(2)6-8/h8-10H,3-6H2,1-2H3. The molecule has 3 unspecified atom stereocenters. The average Bonchev–Trinajstić information content (AvgIpc) is 2.65. The zero-order valence-electron chi connectivity index (χ0n) is 9.31. The van der Waals surface area contributed by atoms with Crippen LogP contribution in [0.25, 0.3) is 0 Å². The van der Waals surface area contributed by atoms with Gasteiger partial charge in [-0.1, -0.05) is 5.16 Å². The quantitative estimate of drug-likeness (QED) is 0.701. The number of hydrogen-bond acceptors (Lipinski definition) is 4. The Morgan fingerprint density at radius 1 is 1.40 bits per heavy atom. The molecular formula is C11H17N3O. The molecule has 4 rings (SSSR count). The first-order valence-electron chi connectivity index (χ1n) is 5.74. The Labute approximate surface area is 89.6 Å². The van der Waals surface area contributed by atoms with Crippen LogP contribution in [0.4, 0.5) is 0 Å². The van der Waals surface area contributed by atoms with Gasteiger partial charge in [0.2, 0.25) is 5.89 Å². The summed E-state index contributed by atoms with van der Waals surface area (Å²) >= 11 is 0. The fraction of sp³-hybridized carbons (Fsp3) is 0.818. The number of fused-ring (bicyclic) bond motifs is 3. The lowest BCUT2D eigenvalue weighted by atomic mass is 9.73. The lowest BCUT2D eigenvalue weighted by Gasteiger charge is -2.47. The van der Waals surface area contributed by atoms with Crippen LogP contribution in [0.15, 0.2) is 4.52 Å². The topological polar surface area (TPSA) is 42.2 Å². The first-order valence-corrected chi connectivity index (χ1v) is 5.74. The average molecular weight is 207 g/mol. The highest BCUT2D eigenvalue weighted by atomic mass is 16.5. The summed E-state index contributed by atoms with van der Waals surface area (Å²) in [5, 5.41) is 3.90. The van der Waals surface area contributed by atoms with E-state index in [4.69, 9.17) is 4.52 Å². The largest absolute Gasteiger partial charge is 0.339 e. The molecule has 0 amide bonds. The molecule has 3 aliphatic rings. The van der Waals surface area contributed by atoms with E-state index in [9.17, 15) is 0 Å². The lowest BCUT2D eigenvalue weighted by Crippen LogP contribution is -2.50. The van der Waals surface area contributed by atoms with Gasteiger partial charge in [0.05, 0.1) is 5.92 Å². The minimum atomic E-state index is 0.476. The molecule has 1 saturated carbocycles. The second-order valence-electron chi connectivity index (χ2n) is 4.97. The van der Waals surface area contributed by atoms with E-state index in [0.29, 0.717) is 12.0 Å². The molecule has 3 atom stereocenters. The van der Waals surface area contributed by atoms with Crippen molar-refractivity contribution in [2.45, 2.75) is 38.1 Å². The normalized spacial score (nSPS) is 36.0. The summed E-state index contributed by atoms with van der Waals surface area (Å²) in [5.74, 6) is 2.92. The van der Waals surface area contributed by atoms with Gasteiger partial charge in [-0.2, -0.15) is 4.98 Å². The zero-order chi connectivity index (χ0) is 10.4. The summed E-state index contributed by atoms with van der Waals surface area (Å²) in [6.07, 6.45) is 3.89. The molecular weight excluding hydrogens is 190 g/mol. The van der Waals surface area contributed by atoms with Crippen molar-refractivity contribution >= 4 is 0 Å². The Hall–Kier alpha value is -0.900. The predicted molar refractivity (Wildman–Crippen MR) is 55.5 cm³/mol. The highest BCUT2D eigenvalue weighted by molar-refractivity contribution is 5.06. The van der Waals surface area contributed by atoms with Gasteiger partial charge in [-0.25, -0.2) is 0 Å². The number of hydrogen-bond donors (Lipinski definition) is 0. The monoisotopic (exact) mass is 207 g/mol. The summed E-state index contributed by atoms with van der Waals surface area (Å²) in [6.45, 7) is 3.13. The minimum Gasteiger partial charge on any atom is -0.339 e. The Bertz CT molecular complexity index is 362. The molecule has 1 aromatic heterocycles. The SMILES string of the molecule is Cc1noc(C2CC3CCC2N(C)C3)n1. The van der Waals surface area contributed by atoms with Gasteiger partial charge in [-0.15, -0.1) is 0 Å². The highest BCUT2D eigenvalue weighted by Gasteiger charge is 2.42. The van der Waals surface area contributed by atoms with Crippen molar-refractivity contribution in [2.24, 2.45) is 5.92 Å². The van der Waals surface area contributed by atoms with Crippen molar-refractivity contribution in [3.8, 4) is 0 Å². The third kappa shape index (κ3) is 1.47. The molecule has 15 heavy (non-hydrogen) atoms. The summed E-state index contributed by atoms with van der Waals surface area (Å²) < 4.78 is 5.32. The molecule has 0 N–H and O–H groups in total. The van der Waals surface area contributed by atoms with Crippen LogP contribution in [-0.2, 0) is 0 Å². The molecule has 0 radical (unpaired) electrons. The molecule has 82 valence electrons. The Morgan fingerprint density at radius 2 is 2.27 bits per heavy atom. The summed E-state index contributed by atoms with van der Waals surface area (Å²) in [7, 11) is 2.21. The van der Waals surface area contributed by atoms with Crippen molar-refractivity contribution < 1.29 is 4.52 Å². The van der Waals surface area contributed by atoms with Crippen LogP contribution in [0.5, 0.6) is 0 Å². The lowest BCUT2D eigenvalue weighted by molar-refractivity contribution is 0.0403. The van der Waals surface area contributed by atoms with Crippen molar-refractivity contribution in [3.63, 3.8) is 0 Å². The molecule has 1 aromatic rings. The van der Waals surface area contributed by atoms with E-state index < -0.39 is 0 Å². The molecule has 0 aromatic carbocycles. The van der Waals surface area contributed by atoms with Crippen molar-refractivity contribution in [1.82, 2.24) is 15.0 Å². The molecule has 4 heteroatoms. The van der Waals surface area contributed by atoms with Crippen molar-refractivity contribution in [3.05, 3.63) is 11.7 Å². The third-order valence-electron chi connectivity index (χ3n) is 3.90. The van der Waals surface area contributed by atoms with E-state index in [1.807, 2.05) is 6.92 Å². The number of likely N-dealkylation sites (N-methyl/N-ethyl adjacent to an activating group) is 1. The maximum Gasteiger partial charge on any atom is 0.231 e. The smallest absolute Gasteiger partial charge is 0.231 e. The number of aromatic nitrogens is 2. The Balaban J connectivity index is 1.88. The van der Waals surface area contributed by atoms with E-state index in [-0.39, 0.29) is 0 Å². The zero-order valence-corrected chi connectivity index (χ0v) is 9.31. The number of rotatable bonds is 1. The molecule has 3 fully saturated rings. The highest BCUT2D eigenvalue weighted by Crippen LogP contribution is 2.42. The van der Waals surface area contributed by atoms with Crippen LogP contribution >= 0.6 is 0 Å². The van der Waals surface area contributed by atoms with Crippen molar-refractivity contribution in [2.75, 3.05) is 13.6 Å². The Kier molecular flexibility index (Phi) is 2.06. The maximum absolute atomic E-state index is 5.32. The summed E-state index contributed by atoms with van der Waals surface area (Å²) in [4.78, 5) is 6.84. The third-order valence-corrected chi connectivity index (χ3v) is 3.90. The summed E-state index contributed by atoms with van der Waals surface area (Å²) in [6, 6.07) is 0.620. The Morgan fingerprint density at radius 3 is 2.87 bits per heavy atom. The maximum atomic E-state index is 5.32. The fourth-order valence-corrected chi connectivity index (χ4v) is 3.21. The molecule has 0 spiro atoms. The van der Waals surface area contributed by atoms with Crippen LogP contribution in [0, 0.1) is 12.8 Å². The number of piperidine rings is 2. The van der Waals surface area contributed by atoms with Gasteiger partial charge in [0.25, 0.3) is 0 Å². The molecule has 1 aliphatic carbocycles. The van der Waals surface area contributed by atoms with Gasteiger partial charge in [0, 0.05) is 12.6 Å². The fourth-order valence-electron chi connectivity index (χ4n) is 3.21. The van der Waals surface area contributed by atoms with Gasteiger partial charge in [0.15, 0.2) is 5.82 Å². The summed E-state index contributed by atoms with van der Waals surface area (Å²) in [5.41, 5.74) is 0. The van der Waals surface area contributed by atoms with Gasteiger partial charge in [-0.05, 0) is 39.2 Å². The second-order valence-corrected chi connectivity index (χ2v) is 4.97. The second kappa shape index (κ2) is 3.30. The van der Waals surface area contributed by atoms with Crippen LogP contribution in [0.1, 0.15) is 36.9 Å². The molecule has 2 bridgehead atoms. The van der Waals surface area contributed by atoms with Gasteiger partial charge >= 0.3 is 0 Å². The van der Waals surface area contributed by atoms with Gasteiger partial charge < -0.3 is 9.42 Å². The predicted octanol–water partition coefficient (Wildman–Crippen LogP) is 1.58. The first kappa shape index (κ1) is 9.33. The van der Waals surface area contributed by atoms with Crippen LogP contribution in [0.2, 0.25) is 0 Å². The molecule has 3 heterocycles. The number of nitrogens with zero attached hydrogens (tertiary/aromatic N) is 3. The van der Waals surface area contributed by atoms with Crippen LogP contribution in [-0.4, -0.2) is 34.7 Å². The van der Waals surface area contributed by atoms with Crippen LogP contribution in [0.3, 0.4) is 0 Å². The van der Waals surface area contributed by atoms with Gasteiger partial charge in [-0.3, -0.25) is 0 Å². The van der Waals surface area contributed by atoms with Crippen molar-refractivity contribution in [1.29, 1.82) is 0 Å². The van der Waals surface area contributed by atoms with E-state index in [0.717, 1.165) is 17.6 Å². The van der Waals surface area contributed by atoms with E-state index in [2.05, 4.69) is 22.1 Å². The van der Waals surface area contributed by atoms with Gasteiger partial charge in [0.1, 0.15) is 0 Å². The van der Waals surface area contributed by atoms with Crippen LogP contribution < -0.4 is 0 Å². The molecule has 2 aliphatic heterocycles.